The fourth-order valence-electron chi connectivity index (χ4n) is 2.64. The zero-order chi connectivity index (χ0) is 18.8. The summed E-state index contributed by atoms with van der Waals surface area (Å²) in [6, 6.07) is 12.9. The quantitative estimate of drug-likeness (QED) is 0.688. The third kappa shape index (κ3) is 3.80. The van der Waals surface area contributed by atoms with Crippen molar-refractivity contribution in [2.75, 3.05) is 19.4 Å². The topological polar surface area (TPSA) is 62.6 Å². The number of hydrogen-bond acceptors (Lipinski definition) is 3. The second kappa shape index (κ2) is 7.33. The molecule has 0 unspecified atom stereocenters. The Morgan fingerprint density at radius 2 is 1.81 bits per heavy atom. The Kier molecular flexibility index (Phi) is 5.13. The first kappa shape index (κ1) is 18.2. The first-order valence-corrected chi connectivity index (χ1v) is 8.93. The second-order valence-corrected chi connectivity index (χ2v) is 7.23. The highest BCUT2D eigenvalue weighted by Gasteiger charge is 2.18. The molecule has 0 saturated carbocycles. The molecule has 1 N–H and O–H groups in total. The number of likely N-dealkylation sites (N-methyl/N-ethyl adjacent to an activating group) is 1. The molecule has 0 spiro atoms. The van der Waals surface area contributed by atoms with Gasteiger partial charge in [-0.1, -0.05) is 28.1 Å². The van der Waals surface area contributed by atoms with Gasteiger partial charge in [-0.2, -0.15) is 0 Å². The van der Waals surface area contributed by atoms with Gasteiger partial charge in [-0.05, 0) is 42.8 Å². The molecule has 0 bridgehead atoms. The maximum Gasteiger partial charge on any atom is 0.291 e. The minimum absolute atomic E-state index is 0.0332. The van der Waals surface area contributed by atoms with Crippen LogP contribution in [-0.4, -0.2) is 30.8 Å². The highest BCUT2D eigenvalue weighted by atomic mass is 79.9. The van der Waals surface area contributed by atoms with E-state index in [0.717, 1.165) is 21.0 Å². The summed E-state index contributed by atoms with van der Waals surface area (Å²) in [4.78, 5) is 25.9. The molecule has 3 rings (SSSR count). The summed E-state index contributed by atoms with van der Waals surface area (Å²) in [7, 11) is 3.45. The summed E-state index contributed by atoms with van der Waals surface area (Å²) in [6.45, 7) is 1.86. The molecule has 6 heteroatoms. The number of amides is 2. The zero-order valence-electron chi connectivity index (χ0n) is 14.8. The number of fused-ring (bicyclic) bond motifs is 1. The summed E-state index contributed by atoms with van der Waals surface area (Å²) in [5.41, 5.74) is 3.02. The molecule has 2 amide bonds. The van der Waals surface area contributed by atoms with Gasteiger partial charge in [-0.25, -0.2) is 0 Å². The van der Waals surface area contributed by atoms with Crippen molar-refractivity contribution in [3.8, 4) is 0 Å². The second-order valence-electron chi connectivity index (χ2n) is 6.31. The molecule has 134 valence electrons. The SMILES string of the molecule is Cc1c(C(=O)Nc2ccc(CC(=O)N(C)C)cc2)oc2ccc(Br)cc12. The van der Waals surface area contributed by atoms with Gasteiger partial charge in [0, 0.05) is 35.2 Å². The van der Waals surface area contributed by atoms with Gasteiger partial charge < -0.3 is 14.6 Å². The molecule has 0 atom stereocenters. The van der Waals surface area contributed by atoms with E-state index in [4.69, 9.17) is 4.42 Å². The van der Waals surface area contributed by atoms with E-state index in [1.807, 2.05) is 37.3 Å². The molecule has 3 aromatic rings. The van der Waals surface area contributed by atoms with Gasteiger partial charge >= 0.3 is 0 Å². The van der Waals surface area contributed by atoms with Crippen molar-refractivity contribution in [1.82, 2.24) is 4.90 Å². The fourth-order valence-corrected chi connectivity index (χ4v) is 3.00. The number of hydrogen-bond donors (Lipinski definition) is 1. The number of carbonyl (C=O) groups excluding carboxylic acids is 2. The molecule has 0 aliphatic heterocycles. The van der Waals surface area contributed by atoms with E-state index < -0.39 is 0 Å². The molecule has 1 heterocycles. The van der Waals surface area contributed by atoms with Crippen LogP contribution in [0, 0.1) is 6.92 Å². The molecular formula is C20H19BrN2O3. The minimum Gasteiger partial charge on any atom is -0.451 e. The van der Waals surface area contributed by atoms with Crippen molar-refractivity contribution in [2.24, 2.45) is 0 Å². The molecule has 0 fully saturated rings. The van der Waals surface area contributed by atoms with Gasteiger partial charge in [-0.3, -0.25) is 9.59 Å². The van der Waals surface area contributed by atoms with E-state index >= 15 is 0 Å². The summed E-state index contributed by atoms with van der Waals surface area (Å²) < 4.78 is 6.64. The number of rotatable bonds is 4. The first-order chi connectivity index (χ1) is 12.3. The number of benzene rings is 2. The molecule has 2 aromatic carbocycles. The maximum absolute atomic E-state index is 12.6. The van der Waals surface area contributed by atoms with Gasteiger partial charge in [0.05, 0.1) is 6.42 Å². The zero-order valence-corrected chi connectivity index (χ0v) is 16.4. The van der Waals surface area contributed by atoms with Crippen LogP contribution in [0.15, 0.2) is 51.4 Å². The molecule has 1 aromatic heterocycles. The number of halogens is 1. The number of nitrogens with zero attached hydrogens (tertiary/aromatic N) is 1. The van der Waals surface area contributed by atoms with Crippen LogP contribution < -0.4 is 5.32 Å². The maximum atomic E-state index is 12.6. The third-order valence-corrected chi connectivity index (χ3v) is 4.66. The molecule has 26 heavy (non-hydrogen) atoms. The summed E-state index contributed by atoms with van der Waals surface area (Å²) >= 11 is 3.43. The van der Waals surface area contributed by atoms with Crippen LogP contribution in [0.2, 0.25) is 0 Å². The standard InChI is InChI=1S/C20H19BrN2O3/c1-12-16-11-14(21)6-9-17(16)26-19(12)20(25)22-15-7-4-13(5-8-15)10-18(24)23(2)3/h4-9,11H,10H2,1-3H3,(H,22,25). The Morgan fingerprint density at radius 3 is 2.46 bits per heavy atom. The van der Waals surface area contributed by atoms with Crippen LogP contribution in [0.4, 0.5) is 5.69 Å². The Labute approximate surface area is 160 Å². The molecule has 0 aliphatic rings. The first-order valence-electron chi connectivity index (χ1n) is 8.14. The predicted molar refractivity (Wildman–Crippen MR) is 105 cm³/mol. The Bertz CT molecular complexity index is 975. The molecular weight excluding hydrogens is 396 g/mol. The lowest BCUT2D eigenvalue weighted by molar-refractivity contribution is -0.127. The van der Waals surface area contributed by atoms with Crippen LogP contribution in [0.3, 0.4) is 0 Å². The van der Waals surface area contributed by atoms with Crippen LogP contribution >= 0.6 is 15.9 Å². The van der Waals surface area contributed by atoms with Gasteiger partial charge in [0.15, 0.2) is 5.76 Å². The van der Waals surface area contributed by atoms with Crippen LogP contribution in [-0.2, 0) is 11.2 Å². The van der Waals surface area contributed by atoms with Crippen molar-refractivity contribution in [2.45, 2.75) is 13.3 Å². The Hall–Kier alpha value is -2.60. The fraction of sp³-hybridized carbons (Fsp3) is 0.200. The average Bonchev–Trinajstić information content (AvgIpc) is 2.93. The van der Waals surface area contributed by atoms with Crippen molar-refractivity contribution in [3.05, 3.63) is 63.8 Å². The van der Waals surface area contributed by atoms with Crippen molar-refractivity contribution in [1.29, 1.82) is 0 Å². The number of furan rings is 1. The van der Waals surface area contributed by atoms with E-state index in [0.29, 0.717) is 23.5 Å². The number of aryl methyl sites for hydroxylation is 1. The van der Waals surface area contributed by atoms with E-state index in [1.165, 1.54) is 0 Å². The average molecular weight is 415 g/mol. The summed E-state index contributed by atoms with van der Waals surface area (Å²) in [6.07, 6.45) is 0.332. The molecule has 5 nitrogen and oxygen atoms in total. The largest absolute Gasteiger partial charge is 0.451 e. The summed E-state index contributed by atoms with van der Waals surface area (Å²) in [5.74, 6) is 0.0303. The van der Waals surface area contributed by atoms with E-state index in [-0.39, 0.29) is 11.8 Å². The molecule has 0 aliphatic carbocycles. The van der Waals surface area contributed by atoms with E-state index in [1.54, 1.807) is 31.1 Å². The predicted octanol–water partition coefficient (Wildman–Crippen LogP) is 4.39. The smallest absolute Gasteiger partial charge is 0.291 e. The third-order valence-electron chi connectivity index (χ3n) is 4.17. The monoisotopic (exact) mass is 414 g/mol. The van der Waals surface area contributed by atoms with Crippen LogP contribution in [0.25, 0.3) is 11.0 Å². The lowest BCUT2D eigenvalue weighted by Gasteiger charge is -2.10. The van der Waals surface area contributed by atoms with Crippen molar-refractivity contribution in [3.63, 3.8) is 0 Å². The highest BCUT2D eigenvalue weighted by molar-refractivity contribution is 9.10. The normalized spacial score (nSPS) is 10.8. The van der Waals surface area contributed by atoms with Crippen LogP contribution in [0.5, 0.6) is 0 Å². The minimum atomic E-state index is -0.299. The number of nitrogens with one attached hydrogen (secondary N) is 1. The van der Waals surface area contributed by atoms with Gasteiger partial charge in [-0.15, -0.1) is 0 Å². The van der Waals surface area contributed by atoms with Crippen molar-refractivity contribution >= 4 is 44.4 Å². The number of carbonyl (C=O) groups is 2. The van der Waals surface area contributed by atoms with E-state index in [2.05, 4.69) is 21.2 Å². The lowest BCUT2D eigenvalue weighted by Crippen LogP contribution is -2.23. The highest BCUT2D eigenvalue weighted by Crippen LogP contribution is 2.28. The van der Waals surface area contributed by atoms with E-state index in [9.17, 15) is 9.59 Å². The Morgan fingerprint density at radius 1 is 1.12 bits per heavy atom. The van der Waals surface area contributed by atoms with Gasteiger partial charge in [0.1, 0.15) is 5.58 Å². The molecule has 0 radical (unpaired) electrons. The summed E-state index contributed by atoms with van der Waals surface area (Å²) in [5, 5.41) is 3.74. The van der Waals surface area contributed by atoms with Gasteiger partial charge in [0.2, 0.25) is 5.91 Å². The Balaban J connectivity index is 1.76. The van der Waals surface area contributed by atoms with Crippen LogP contribution in [0.1, 0.15) is 21.7 Å². The van der Waals surface area contributed by atoms with Gasteiger partial charge in [0.25, 0.3) is 5.91 Å². The number of anilines is 1. The molecule has 0 saturated heterocycles. The lowest BCUT2D eigenvalue weighted by atomic mass is 10.1. The van der Waals surface area contributed by atoms with Crippen molar-refractivity contribution < 1.29 is 14.0 Å².